The molecule has 0 aliphatic heterocycles. The summed E-state index contributed by atoms with van der Waals surface area (Å²) < 4.78 is 20.5. The number of methoxy groups -OCH3 is 1. The van der Waals surface area contributed by atoms with Crippen LogP contribution in [0.4, 0.5) is 4.39 Å². The largest absolute Gasteiger partial charge is 0.497 e. The van der Waals surface area contributed by atoms with Crippen molar-refractivity contribution >= 4 is 122 Å². The Hall–Kier alpha value is -12.7. The Morgan fingerprint density at radius 2 is 0.832 bits per heavy atom. The first-order valence-corrected chi connectivity index (χ1v) is 38.7. The molecule has 0 radical (unpaired) electrons. The van der Waals surface area contributed by atoms with Gasteiger partial charge in [0.2, 0.25) is 0 Å². The summed E-state index contributed by atoms with van der Waals surface area (Å²) in [7, 11) is 1.60. The molecule has 0 amide bonds. The summed E-state index contributed by atoms with van der Waals surface area (Å²) in [5, 5.41) is 37.3. The first-order valence-electron chi connectivity index (χ1n) is 37.1. The van der Waals surface area contributed by atoms with Gasteiger partial charge in [-0.05, 0) is 187 Å². The van der Waals surface area contributed by atoms with Crippen LogP contribution in [0.25, 0.3) is 155 Å². The van der Waals surface area contributed by atoms with Crippen molar-refractivity contribution in [3.05, 3.63) is 278 Å². The van der Waals surface area contributed by atoms with E-state index in [4.69, 9.17) is 27.9 Å². The molecule has 17 nitrogen and oxygen atoms in total. The number of rotatable bonds is 16. The minimum Gasteiger partial charge on any atom is -0.497 e. The van der Waals surface area contributed by atoms with Gasteiger partial charge in [0.1, 0.15) is 28.6 Å². The molecule has 0 unspecified atom stereocenters. The fourth-order valence-electron chi connectivity index (χ4n) is 16.3. The summed E-state index contributed by atoms with van der Waals surface area (Å²) in [6.07, 6.45) is 12.8. The summed E-state index contributed by atoms with van der Waals surface area (Å²) >= 11 is 16.7. The van der Waals surface area contributed by atoms with Crippen LogP contribution in [0.15, 0.2) is 212 Å². The van der Waals surface area contributed by atoms with Gasteiger partial charge in [-0.3, -0.25) is 0 Å². The van der Waals surface area contributed by atoms with Gasteiger partial charge in [0, 0.05) is 178 Å². The number of carboxylic acid groups (broad SMARTS) is 3. The minimum atomic E-state index is -1.00. The number of halogens is 4. The van der Waals surface area contributed by atoms with E-state index in [9.17, 15) is 34.1 Å². The van der Waals surface area contributed by atoms with Crippen LogP contribution in [0, 0.1) is 19.7 Å². The molecule has 0 bridgehead atoms. The summed E-state index contributed by atoms with van der Waals surface area (Å²) in [5.74, 6) is -2.17. The number of aryl methyl sites for hydroxylation is 2. The van der Waals surface area contributed by atoms with E-state index >= 15 is 0 Å². The van der Waals surface area contributed by atoms with E-state index in [-0.39, 0.29) is 34.7 Å². The lowest BCUT2D eigenvalue weighted by Crippen LogP contribution is -2.00. The molecule has 0 aliphatic carbocycles. The number of nitrogens with one attached hydrogen (secondary N) is 10. The maximum absolute atomic E-state index is 14.4. The SMILES string of the molecule is CC(C)c1c(-c2cccc3[nH]ccc23)[nH]c(C(=O)O)c1-c1ccccc1Cl.CCc1c(-c2cccc3[nH]ccc23)[nH]c(C(=O)O)c1-c1c(C)ccc2[nH]ccc12.CCc1c(-c2cccc3[nH]ccc23)[nH]c(C(=O)O)c1-c1ccc(OC)cc1Br.Cc1[nH]c(-c2cc(F)cc3[nH]ccc23)c(C(C)C)c1-c1c(Cl)ccc2[nH]ccc12. The minimum absolute atomic E-state index is 0.102. The zero-order chi connectivity index (χ0) is 79.4. The van der Waals surface area contributed by atoms with E-state index in [1.807, 2.05) is 197 Å². The van der Waals surface area contributed by atoms with Gasteiger partial charge in [0.25, 0.3) is 0 Å². The highest BCUT2D eigenvalue weighted by molar-refractivity contribution is 9.10. The van der Waals surface area contributed by atoms with Gasteiger partial charge in [-0.15, -0.1) is 0 Å². The molecule has 0 saturated carbocycles. The number of aromatic amines is 10. The van der Waals surface area contributed by atoms with Gasteiger partial charge in [-0.1, -0.05) is 141 Å². The van der Waals surface area contributed by atoms with Crippen molar-refractivity contribution in [1.29, 1.82) is 0 Å². The highest BCUT2D eigenvalue weighted by atomic mass is 79.9. The van der Waals surface area contributed by atoms with Crippen LogP contribution in [0.1, 0.15) is 118 Å². The van der Waals surface area contributed by atoms with Crippen LogP contribution in [-0.4, -0.2) is 90.2 Å². The molecule has 0 atom stereocenters. The van der Waals surface area contributed by atoms with Gasteiger partial charge in [0.15, 0.2) is 0 Å². The van der Waals surface area contributed by atoms with E-state index in [2.05, 4.69) is 113 Å². The van der Waals surface area contributed by atoms with Crippen LogP contribution in [-0.2, 0) is 12.8 Å². The van der Waals surface area contributed by atoms with Gasteiger partial charge in [-0.25, -0.2) is 18.8 Å². The number of carbonyl (C=O) groups is 3. The first kappa shape index (κ1) is 75.7. The highest BCUT2D eigenvalue weighted by Crippen LogP contribution is 2.49. The number of fused-ring (bicyclic) bond motifs is 6. The maximum atomic E-state index is 14.4. The van der Waals surface area contributed by atoms with E-state index in [1.165, 1.54) is 6.07 Å². The highest BCUT2D eigenvalue weighted by Gasteiger charge is 2.32. The second-order valence-electron chi connectivity index (χ2n) is 28.5. The quantitative estimate of drug-likeness (QED) is 0.0444. The average molecular weight is 1610 g/mol. The second-order valence-corrected chi connectivity index (χ2v) is 30.1. The number of carboxylic acids is 3. The molecular formula is C92H80BrCl2FN10O7. The zero-order valence-corrected chi connectivity index (χ0v) is 66.3. The van der Waals surface area contributed by atoms with E-state index in [0.717, 1.165) is 188 Å². The van der Waals surface area contributed by atoms with Crippen molar-refractivity contribution in [2.45, 2.75) is 80.1 Å². The Morgan fingerprint density at radius 3 is 1.34 bits per heavy atom. The molecule has 10 aromatic heterocycles. The standard InChI is InChI=1S/C24H21ClFN3.C24H21N3O2.C22H19BrN2O3.C22H19ClN2O2/c1-12(2)21-22(23-16-7-9-27-19(16)5-4-18(23)25)13(3)29-24(21)17-10-14(26)11-20-15(17)6-8-28-20;1-3-14-21(20-13(2)7-8-19-17(20)10-12-26-19)23(24(28)29)27-22(14)16-5-4-6-18-15(16)9-11-25-18;1-3-13-19(16-8-7-12(28-2)11-17(16)23)21(22(26)27)25-20(13)15-5-4-6-18-14(15)9-10-24-18;1-12(2)18-19(15-6-3-4-8-16(15)23)21(22(26)27)25-20(18)14-7-5-9-17-13(14)10-11-24-17/h4-12,27-29H,1-3H3;4-12,25-27H,3H2,1-2H3,(H,28,29);4-11,24-25H,3H2,1-2H3,(H,26,27);3-12,24-25H,1-2H3,(H,26,27). The molecule has 13 N–H and O–H groups in total. The lowest BCUT2D eigenvalue weighted by molar-refractivity contribution is 0.0681. The van der Waals surface area contributed by atoms with E-state index in [1.54, 1.807) is 19.2 Å². The first-order chi connectivity index (χ1) is 54.6. The molecule has 0 fully saturated rings. The summed E-state index contributed by atoms with van der Waals surface area (Å²) in [4.78, 5) is 68.9. The number of hydrogen-bond acceptors (Lipinski definition) is 4. The molecule has 21 heteroatoms. The Morgan fingerprint density at radius 1 is 0.407 bits per heavy atom. The average Bonchev–Trinajstić information content (AvgIpc) is 1.61. The van der Waals surface area contributed by atoms with Crippen molar-refractivity contribution < 1.29 is 38.8 Å². The van der Waals surface area contributed by atoms with Crippen LogP contribution in [0.2, 0.25) is 10.0 Å². The molecular weight excluding hydrogens is 1530 g/mol. The maximum Gasteiger partial charge on any atom is 0.352 e. The van der Waals surface area contributed by atoms with Crippen molar-refractivity contribution in [2.24, 2.45) is 0 Å². The third-order valence-corrected chi connectivity index (χ3v) is 22.5. The molecule has 18 rings (SSSR count). The van der Waals surface area contributed by atoms with Crippen LogP contribution in [0.3, 0.4) is 0 Å². The van der Waals surface area contributed by atoms with Gasteiger partial charge < -0.3 is 69.9 Å². The fourth-order valence-corrected chi connectivity index (χ4v) is 17.4. The lowest BCUT2D eigenvalue weighted by atomic mass is 9.89. The summed E-state index contributed by atoms with van der Waals surface area (Å²) in [6, 6.07) is 54.2. The molecule has 0 aliphatic rings. The predicted octanol–water partition coefficient (Wildman–Crippen LogP) is 25.6. The summed E-state index contributed by atoms with van der Waals surface area (Å²) in [6.45, 7) is 16.7. The monoisotopic (exact) mass is 1600 g/mol. The second kappa shape index (κ2) is 31.2. The van der Waals surface area contributed by atoms with E-state index in [0.29, 0.717) is 33.3 Å². The molecule has 18 aromatic rings. The number of H-pyrrole nitrogens is 10. The Balaban J connectivity index is 0.000000119. The molecule has 8 aromatic carbocycles. The Kier molecular flexibility index (Phi) is 20.9. The smallest absolute Gasteiger partial charge is 0.352 e. The zero-order valence-electron chi connectivity index (χ0n) is 63.2. The number of aromatic carboxylic acids is 3. The normalized spacial score (nSPS) is 11.5. The molecule has 113 heavy (non-hydrogen) atoms. The Bertz CT molecular complexity index is 6700. The number of ether oxygens (including phenoxy) is 1. The molecule has 568 valence electrons. The topological polar surface area (TPSA) is 279 Å². The number of aromatic nitrogens is 10. The van der Waals surface area contributed by atoms with Crippen molar-refractivity contribution in [1.82, 2.24) is 49.8 Å². The van der Waals surface area contributed by atoms with Crippen molar-refractivity contribution in [3.63, 3.8) is 0 Å². The van der Waals surface area contributed by atoms with Gasteiger partial charge >= 0.3 is 17.9 Å². The summed E-state index contributed by atoms with van der Waals surface area (Å²) in [5.41, 5.74) is 26.7. The van der Waals surface area contributed by atoms with Crippen molar-refractivity contribution in [3.8, 4) is 95.3 Å². The van der Waals surface area contributed by atoms with Gasteiger partial charge in [-0.2, -0.15) is 0 Å². The predicted molar refractivity (Wildman–Crippen MR) is 459 cm³/mol. The fraction of sp³-hybridized carbons (Fsp3) is 0.141. The molecule has 0 spiro atoms. The molecule has 10 heterocycles. The third kappa shape index (κ3) is 13.8. The molecule has 0 saturated heterocycles. The van der Waals surface area contributed by atoms with Crippen LogP contribution >= 0.6 is 39.1 Å². The Labute approximate surface area is 667 Å². The van der Waals surface area contributed by atoms with Crippen LogP contribution < -0.4 is 4.74 Å². The number of hydrogen-bond donors (Lipinski definition) is 13. The third-order valence-electron chi connectivity index (χ3n) is 21.2. The van der Waals surface area contributed by atoms with Crippen LogP contribution in [0.5, 0.6) is 5.75 Å². The number of benzene rings is 8. The van der Waals surface area contributed by atoms with E-state index < -0.39 is 17.9 Å². The van der Waals surface area contributed by atoms with Crippen molar-refractivity contribution in [2.75, 3.05) is 7.11 Å². The van der Waals surface area contributed by atoms with Gasteiger partial charge in [0.05, 0.1) is 29.9 Å². The lowest BCUT2D eigenvalue weighted by Gasteiger charge is -2.15.